The highest BCUT2D eigenvalue weighted by molar-refractivity contribution is 5.35. The average Bonchev–Trinajstić information content (AvgIpc) is 2.95. The summed E-state index contributed by atoms with van der Waals surface area (Å²) >= 11 is 0. The lowest BCUT2D eigenvalue weighted by Crippen LogP contribution is -2.43. The van der Waals surface area contributed by atoms with E-state index in [-0.39, 0.29) is 5.54 Å². The van der Waals surface area contributed by atoms with Crippen LogP contribution in [-0.2, 0) is 0 Å². The van der Waals surface area contributed by atoms with E-state index >= 15 is 0 Å². The summed E-state index contributed by atoms with van der Waals surface area (Å²) in [5, 5.41) is 0. The minimum atomic E-state index is 0.267. The molecule has 3 nitrogen and oxygen atoms in total. The van der Waals surface area contributed by atoms with Crippen molar-refractivity contribution in [3.63, 3.8) is 0 Å². The highest BCUT2D eigenvalue weighted by Gasteiger charge is 2.34. The van der Waals surface area contributed by atoms with Crippen LogP contribution in [0.3, 0.4) is 0 Å². The van der Waals surface area contributed by atoms with Gasteiger partial charge in [0.1, 0.15) is 5.75 Å². The standard InChI is InChI=1S/C18H30N2O/c1-14(16-9-7-8-10-17(16)21-6)19(5)15-11-12-20(13-15)18(2,3)4/h7-10,14-15H,11-13H2,1-6H3/t14?,15-/m0/s1. The second-order valence-corrected chi connectivity index (χ2v) is 7.14. The third kappa shape index (κ3) is 3.58. The van der Waals surface area contributed by atoms with Crippen LogP contribution < -0.4 is 4.74 Å². The smallest absolute Gasteiger partial charge is 0.123 e. The van der Waals surface area contributed by atoms with Crippen LogP contribution in [-0.4, -0.2) is 48.6 Å². The average molecular weight is 290 g/mol. The van der Waals surface area contributed by atoms with E-state index in [9.17, 15) is 0 Å². The molecule has 1 aromatic carbocycles. The fraction of sp³-hybridized carbons (Fsp3) is 0.667. The zero-order valence-corrected chi connectivity index (χ0v) is 14.4. The zero-order chi connectivity index (χ0) is 15.6. The minimum Gasteiger partial charge on any atom is -0.496 e. The molecule has 21 heavy (non-hydrogen) atoms. The molecule has 1 unspecified atom stereocenters. The lowest BCUT2D eigenvalue weighted by atomic mass is 10.0. The van der Waals surface area contributed by atoms with Crippen LogP contribution in [0.5, 0.6) is 5.75 Å². The first-order valence-corrected chi connectivity index (χ1v) is 7.94. The van der Waals surface area contributed by atoms with E-state index in [2.05, 4.69) is 62.7 Å². The Bertz CT molecular complexity index is 467. The summed E-state index contributed by atoms with van der Waals surface area (Å²) in [5.41, 5.74) is 1.54. The second kappa shape index (κ2) is 6.37. The van der Waals surface area contributed by atoms with Gasteiger partial charge in [-0.3, -0.25) is 9.80 Å². The summed E-state index contributed by atoms with van der Waals surface area (Å²) in [6.45, 7) is 11.5. The monoisotopic (exact) mass is 290 g/mol. The zero-order valence-electron chi connectivity index (χ0n) is 14.4. The van der Waals surface area contributed by atoms with Gasteiger partial charge in [-0.2, -0.15) is 0 Å². The van der Waals surface area contributed by atoms with E-state index in [0.717, 1.165) is 12.3 Å². The van der Waals surface area contributed by atoms with E-state index in [0.29, 0.717) is 12.1 Å². The van der Waals surface area contributed by atoms with Gasteiger partial charge in [-0.25, -0.2) is 0 Å². The van der Waals surface area contributed by atoms with Gasteiger partial charge in [-0.15, -0.1) is 0 Å². The summed E-state index contributed by atoms with van der Waals surface area (Å²) in [7, 11) is 4.00. The highest BCUT2D eigenvalue weighted by Crippen LogP contribution is 2.32. The molecular weight excluding hydrogens is 260 g/mol. The fourth-order valence-corrected chi connectivity index (χ4v) is 3.23. The van der Waals surface area contributed by atoms with Crippen molar-refractivity contribution in [1.82, 2.24) is 9.80 Å². The normalized spacial score (nSPS) is 21.8. The first kappa shape index (κ1) is 16.3. The Balaban J connectivity index is 2.08. The number of likely N-dealkylation sites (N-methyl/N-ethyl adjacent to an activating group) is 1. The first-order chi connectivity index (χ1) is 9.84. The van der Waals surface area contributed by atoms with Gasteiger partial charge in [-0.1, -0.05) is 18.2 Å². The van der Waals surface area contributed by atoms with E-state index in [1.807, 2.05) is 6.07 Å². The molecule has 0 aromatic heterocycles. The Hall–Kier alpha value is -1.06. The van der Waals surface area contributed by atoms with Crippen molar-refractivity contribution in [2.24, 2.45) is 0 Å². The van der Waals surface area contributed by atoms with Crippen molar-refractivity contribution < 1.29 is 4.74 Å². The number of hydrogen-bond donors (Lipinski definition) is 0. The number of hydrogen-bond acceptors (Lipinski definition) is 3. The van der Waals surface area contributed by atoms with Gasteiger partial charge in [0.05, 0.1) is 7.11 Å². The first-order valence-electron chi connectivity index (χ1n) is 7.94. The number of ether oxygens (including phenoxy) is 1. The van der Waals surface area contributed by atoms with Crippen molar-refractivity contribution in [2.45, 2.75) is 51.7 Å². The molecule has 1 fully saturated rings. The molecule has 0 saturated carbocycles. The molecule has 2 rings (SSSR count). The van der Waals surface area contributed by atoms with Crippen molar-refractivity contribution in [3.05, 3.63) is 29.8 Å². The van der Waals surface area contributed by atoms with E-state index < -0.39 is 0 Å². The van der Waals surface area contributed by atoms with E-state index in [1.54, 1.807) is 7.11 Å². The molecular formula is C18H30N2O. The molecule has 0 N–H and O–H groups in total. The topological polar surface area (TPSA) is 15.7 Å². The Morgan fingerprint density at radius 3 is 2.52 bits per heavy atom. The molecule has 1 aliphatic rings. The Morgan fingerprint density at radius 1 is 1.29 bits per heavy atom. The van der Waals surface area contributed by atoms with Gasteiger partial charge in [0.2, 0.25) is 0 Å². The summed E-state index contributed by atoms with van der Waals surface area (Å²) in [6, 6.07) is 9.34. The molecule has 1 heterocycles. The predicted molar refractivity (Wildman–Crippen MR) is 88.9 cm³/mol. The SMILES string of the molecule is COc1ccccc1C(C)N(C)[C@H]1CCN(C(C)(C)C)C1. The maximum Gasteiger partial charge on any atom is 0.123 e. The highest BCUT2D eigenvalue weighted by atomic mass is 16.5. The molecule has 0 bridgehead atoms. The Morgan fingerprint density at radius 2 is 1.95 bits per heavy atom. The van der Waals surface area contributed by atoms with Gasteiger partial charge < -0.3 is 4.74 Å². The van der Waals surface area contributed by atoms with Crippen molar-refractivity contribution >= 4 is 0 Å². The number of para-hydroxylation sites is 1. The van der Waals surface area contributed by atoms with Crippen LogP contribution in [0.25, 0.3) is 0 Å². The van der Waals surface area contributed by atoms with Crippen molar-refractivity contribution in [2.75, 3.05) is 27.2 Å². The summed E-state index contributed by atoms with van der Waals surface area (Å²) in [4.78, 5) is 5.09. The molecule has 0 amide bonds. The van der Waals surface area contributed by atoms with Crippen LogP contribution in [0, 0.1) is 0 Å². The summed E-state index contributed by atoms with van der Waals surface area (Å²) in [6.07, 6.45) is 1.24. The number of nitrogens with zero attached hydrogens (tertiary/aromatic N) is 2. The molecule has 0 aliphatic carbocycles. The predicted octanol–water partition coefficient (Wildman–Crippen LogP) is 3.56. The van der Waals surface area contributed by atoms with E-state index in [4.69, 9.17) is 4.74 Å². The number of methoxy groups -OCH3 is 1. The van der Waals surface area contributed by atoms with Gasteiger partial charge >= 0.3 is 0 Å². The van der Waals surface area contributed by atoms with Crippen LogP contribution in [0.1, 0.15) is 45.7 Å². The largest absolute Gasteiger partial charge is 0.496 e. The quantitative estimate of drug-likeness (QED) is 0.843. The van der Waals surface area contributed by atoms with Gasteiger partial charge in [-0.05, 0) is 47.2 Å². The van der Waals surface area contributed by atoms with Crippen LogP contribution in [0.4, 0.5) is 0 Å². The second-order valence-electron chi connectivity index (χ2n) is 7.14. The number of rotatable bonds is 4. The third-order valence-corrected chi connectivity index (χ3v) is 4.89. The molecule has 0 spiro atoms. The fourth-order valence-electron chi connectivity index (χ4n) is 3.23. The van der Waals surface area contributed by atoms with Crippen LogP contribution in [0.2, 0.25) is 0 Å². The summed E-state index contributed by atoms with van der Waals surface area (Å²) < 4.78 is 5.52. The molecule has 0 radical (unpaired) electrons. The molecule has 1 aromatic rings. The molecule has 1 aliphatic heterocycles. The molecule has 2 atom stereocenters. The Kier molecular flexibility index (Phi) is 4.95. The van der Waals surface area contributed by atoms with E-state index in [1.165, 1.54) is 18.5 Å². The van der Waals surface area contributed by atoms with Gasteiger partial charge in [0.25, 0.3) is 0 Å². The third-order valence-electron chi connectivity index (χ3n) is 4.89. The lowest BCUT2D eigenvalue weighted by Gasteiger charge is -2.35. The number of likely N-dealkylation sites (tertiary alicyclic amines) is 1. The molecule has 1 saturated heterocycles. The van der Waals surface area contributed by atoms with Gasteiger partial charge in [0.15, 0.2) is 0 Å². The summed E-state index contributed by atoms with van der Waals surface area (Å²) in [5.74, 6) is 0.988. The van der Waals surface area contributed by atoms with Crippen molar-refractivity contribution in [1.29, 1.82) is 0 Å². The molecule has 3 heteroatoms. The lowest BCUT2D eigenvalue weighted by molar-refractivity contribution is 0.137. The molecule has 118 valence electrons. The maximum absolute atomic E-state index is 5.52. The minimum absolute atomic E-state index is 0.267. The van der Waals surface area contributed by atoms with Gasteiger partial charge in [0, 0.05) is 36.3 Å². The van der Waals surface area contributed by atoms with Crippen LogP contribution in [0.15, 0.2) is 24.3 Å². The Labute approximate surface area is 129 Å². The number of benzene rings is 1. The van der Waals surface area contributed by atoms with Crippen LogP contribution >= 0.6 is 0 Å². The maximum atomic E-state index is 5.52. The van der Waals surface area contributed by atoms with Crippen molar-refractivity contribution in [3.8, 4) is 5.75 Å².